The van der Waals surface area contributed by atoms with Gasteiger partial charge in [0.25, 0.3) is 0 Å². The Morgan fingerprint density at radius 2 is 1.61 bits per heavy atom. The molecular formula is C16H15NO5S. The Hall–Kier alpha value is -2.67. The highest BCUT2D eigenvalue weighted by Crippen LogP contribution is 2.14. The maximum atomic E-state index is 12.1. The van der Waals surface area contributed by atoms with Gasteiger partial charge in [-0.25, -0.2) is 4.79 Å². The van der Waals surface area contributed by atoms with Gasteiger partial charge in [0.15, 0.2) is 5.71 Å². The van der Waals surface area contributed by atoms with Gasteiger partial charge in [0.1, 0.15) is 4.90 Å². The molecule has 0 heterocycles. The third-order valence-corrected chi connectivity index (χ3v) is 4.08. The van der Waals surface area contributed by atoms with E-state index in [9.17, 15) is 13.2 Å². The first kappa shape index (κ1) is 16.7. The van der Waals surface area contributed by atoms with Crippen LogP contribution in [-0.4, -0.2) is 27.2 Å². The first-order chi connectivity index (χ1) is 10.9. The Balaban J connectivity index is 2.33. The molecule has 0 unspecified atom stereocenters. The second-order valence-corrected chi connectivity index (χ2v) is 6.17. The normalized spacial score (nSPS) is 11.8. The minimum atomic E-state index is -4.12. The van der Waals surface area contributed by atoms with Gasteiger partial charge in [-0.15, -0.1) is 0 Å². The van der Waals surface area contributed by atoms with Gasteiger partial charge in [-0.1, -0.05) is 53.2 Å². The topological polar surface area (TPSA) is 82.0 Å². The van der Waals surface area contributed by atoms with Gasteiger partial charge in [-0.2, -0.15) is 8.42 Å². The lowest BCUT2D eigenvalue weighted by Crippen LogP contribution is -2.18. The number of methoxy groups -OCH3 is 1. The molecule has 0 amide bonds. The van der Waals surface area contributed by atoms with Crippen LogP contribution in [0.4, 0.5) is 0 Å². The highest BCUT2D eigenvalue weighted by molar-refractivity contribution is 7.86. The zero-order valence-electron chi connectivity index (χ0n) is 12.6. The van der Waals surface area contributed by atoms with Crippen LogP contribution in [0.1, 0.15) is 11.1 Å². The van der Waals surface area contributed by atoms with Crippen LogP contribution in [0, 0.1) is 6.92 Å². The summed E-state index contributed by atoms with van der Waals surface area (Å²) in [6.07, 6.45) is 0. The maximum absolute atomic E-state index is 12.1. The Labute approximate surface area is 134 Å². The highest BCUT2D eigenvalue weighted by Gasteiger charge is 2.20. The molecule has 2 aromatic rings. The molecule has 0 saturated carbocycles. The summed E-state index contributed by atoms with van der Waals surface area (Å²) >= 11 is 0. The Bertz CT molecular complexity index is 811. The summed E-state index contributed by atoms with van der Waals surface area (Å²) in [4.78, 5) is 11.7. The predicted molar refractivity (Wildman–Crippen MR) is 84.4 cm³/mol. The first-order valence-electron chi connectivity index (χ1n) is 6.66. The minimum absolute atomic E-state index is 0.0517. The summed E-state index contributed by atoms with van der Waals surface area (Å²) in [5, 5.41) is 3.49. The van der Waals surface area contributed by atoms with Crippen LogP contribution in [0.3, 0.4) is 0 Å². The number of carbonyl (C=O) groups excluding carboxylic acids is 1. The SMILES string of the molecule is COC(=O)/C(=N/OS(=O)(=O)c1ccc(C)cc1)c1ccccc1. The van der Waals surface area contributed by atoms with E-state index in [4.69, 9.17) is 0 Å². The number of oxime groups is 1. The summed E-state index contributed by atoms with van der Waals surface area (Å²) < 4.78 is 33.5. The smallest absolute Gasteiger partial charge is 0.360 e. The number of aryl methyl sites for hydroxylation is 1. The molecule has 0 saturated heterocycles. The molecule has 0 aromatic heterocycles. The number of hydrogen-bond donors (Lipinski definition) is 0. The van der Waals surface area contributed by atoms with E-state index in [1.165, 1.54) is 19.2 Å². The average Bonchev–Trinajstić information content (AvgIpc) is 2.56. The van der Waals surface area contributed by atoms with E-state index in [1.807, 2.05) is 6.92 Å². The fourth-order valence-corrected chi connectivity index (χ4v) is 2.46. The Morgan fingerprint density at radius 3 is 2.17 bits per heavy atom. The number of benzene rings is 2. The van der Waals surface area contributed by atoms with Crippen molar-refractivity contribution in [2.24, 2.45) is 5.16 Å². The molecular weight excluding hydrogens is 318 g/mol. The largest absolute Gasteiger partial charge is 0.464 e. The van der Waals surface area contributed by atoms with Crippen molar-refractivity contribution in [2.75, 3.05) is 7.11 Å². The third-order valence-electron chi connectivity index (χ3n) is 2.96. The maximum Gasteiger partial charge on any atom is 0.360 e. The van der Waals surface area contributed by atoms with Crippen molar-refractivity contribution in [2.45, 2.75) is 11.8 Å². The number of carbonyl (C=O) groups is 1. The van der Waals surface area contributed by atoms with E-state index in [-0.39, 0.29) is 10.6 Å². The molecule has 2 aromatic carbocycles. The number of rotatable bonds is 5. The van der Waals surface area contributed by atoms with E-state index < -0.39 is 16.1 Å². The number of nitrogens with zero attached hydrogens (tertiary/aromatic N) is 1. The van der Waals surface area contributed by atoms with Crippen LogP contribution in [0.25, 0.3) is 0 Å². The molecule has 120 valence electrons. The summed E-state index contributed by atoms with van der Waals surface area (Å²) in [6.45, 7) is 1.83. The van der Waals surface area contributed by atoms with Crippen LogP contribution in [0.5, 0.6) is 0 Å². The van der Waals surface area contributed by atoms with E-state index in [0.29, 0.717) is 5.56 Å². The van der Waals surface area contributed by atoms with E-state index >= 15 is 0 Å². The lowest BCUT2D eigenvalue weighted by molar-refractivity contribution is -0.132. The molecule has 0 atom stereocenters. The van der Waals surface area contributed by atoms with Crippen LogP contribution in [-0.2, 0) is 23.9 Å². The molecule has 0 N–H and O–H groups in total. The molecule has 0 aliphatic rings. The van der Waals surface area contributed by atoms with E-state index in [1.54, 1.807) is 42.5 Å². The molecule has 23 heavy (non-hydrogen) atoms. The molecule has 0 aliphatic carbocycles. The Kier molecular flexibility index (Phi) is 5.13. The van der Waals surface area contributed by atoms with Gasteiger partial charge in [-0.3, -0.25) is 4.28 Å². The van der Waals surface area contributed by atoms with Crippen molar-refractivity contribution in [3.8, 4) is 0 Å². The summed E-state index contributed by atoms with van der Waals surface area (Å²) in [5.74, 6) is -0.796. The third kappa shape index (κ3) is 4.17. The van der Waals surface area contributed by atoms with Crippen LogP contribution >= 0.6 is 0 Å². The predicted octanol–water partition coefficient (Wildman–Crippen LogP) is 2.28. The summed E-state index contributed by atoms with van der Waals surface area (Å²) in [6, 6.07) is 14.4. The standard InChI is InChI=1S/C16H15NO5S/c1-12-8-10-14(11-9-12)23(19,20)22-17-15(16(18)21-2)13-6-4-3-5-7-13/h3-11H,1-2H3/b17-15+. The molecule has 0 radical (unpaired) electrons. The fraction of sp³-hybridized carbons (Fsp3) is 0.125. The van der Waals surface area contributed by atoms with Crippen LogP contribution < -0.4 is 0 Å². The summed E-state index contributed by atoms with van der Waals surface area (Å²) in [7, 11) is -2.94. The van der Waals surface area contributed by atoms with Gasteiger partial charge in [0.2, 0.25) is 0 Å². The van der Waals surface area contributed by atoms with Gasteiger partial charge in [0, 0.05) is 5.56 Å². The number of hydrogen-bond acceptors (Lipinski definition) is 6. The van der Waals surface area contributed by atoms with Gasteiger partial charge >= 0.3 is 16.1 Å². The molecule has 0 spiro atoms. The summed E-state index contributed by atoms with van der Waals surface area (Å²) in [5.41, 5.74) is 1.06. The zero-order chi connectivity index (χ0) is 16.9. The van der Waals surface area contributed by atoms with E-state index in [2.05, 4.69) is 14.2 Å². The van der Waals surface area contributed by atoms with Crippen molar-refractivity contribution >= 4 is 21.8 Å². The number of esters is 1. The molecule has 6 nitrogen and oxygen atoms in total. The highest BCUT2D eigenvalue weighted by atomic mass is 32.2. The molecule has 0 bridgehead atoms. The second-order valence-electron chi connectivity index (χ2n) is 4.64. The quantitative estimate of drug-likeness (QED) is 0.476. The van der Waals surface area contributed by atoms with Gasteiger partial charge in [0.05, 0.1) is 7.11 Å². The van der Waals surface area contributed by atoms with Gasteiger partial charge < -0.3 is 4.74 Å². The van der Waals surface area contributed by atoms with E-state index in [0.717, 1.165) is 5.56 Å². The Morgan fingerprint density at radius 1 is 1.00 bits per heavy atom. The van der Waals surface area contributed by atoms with Crippen molar-refractivity contribution < 1.29 is 22.2 Å². The van der Waals surface area contributed by atoms with Crippen molar-refractivity contribution in [3.63, 3.8) is 0 Å². The molecule has 0 aliphatic heterocycles. The number of ether oxygens (including phenoxy) is 1. The van der Waals surface area contributed by atoms with Gasteiger partial charge in [-0.05, 0) is 19.1 Å². The second kappa shape index (κ2) is 7.06. The lowest BCUT2D eigenvalue weighted by Gasteiger charge is -2.05. The van der Waals surface area contributed by atoms with Crippen molar-refractivity contribution in [3.05, 3.63) is 65.7 Å². The monoisotopic (exact) mass is 333 g/mol. The molecule has 2 rings (SSSR count). The average molecular weight is 333 g/mol. The first-order valence-corrected chi connectivity index (χ1v) is 8.07. The van der Waals surface area contributed by atoms with Crippen LogP contribution in [0.15, 0.2) is 64.6 Å². The van der Waals surface area contributed by atoms with Crippen LogP contribution in [0.2, 0.25) is 0 Å². The lowest BCUT2D eigenvalue weighted by atomic mass is 10.1. The zero-order valence-corrected chi connectivity index (χ0v) is 13.4. The molecule has 0 fully saturated rings. The van der Waals surface area contributed by atoms with Crippen molar-refractivity contribution in [1.29, 1.82) is 0 Å². The molecule has 7 heteroatoms. The van der Waals surface area contributed by atoms with Crippen molar-refractivity contribution in [1.82, 2.24) is 0 Å². The minimum Gasteiger partial charge on any atom is -0.464 e. The fourth-order valence-electron chi connectivity index (χ4n) is 1.73.